The van der Waals surface area contributed by atoms with Gasteiger partial charge >= 0.3 is 16.4 Å². The zero-order valence-corrected chi connectivity index (χ0v) is 24.9. The Morgan fingerprint density at radius 2 is 1.77 bits per heavy atom. The van der Waals surface area contributed by atoms with Crippen molar-refractivity contribution < 1.29 is 27.3 Å². The van der Waals surface area contributed by atoms with E-state index in [2.05, 4.69) is 10.6 Å². The first kappa shape index (κ1) is 30.5. The zero-order chi connectivity index (χ0) is 28.8. The molecular formula is C26H34N4O6S3. The number of rotatable bonds is 11. The zero-order valence-electron chi connectivity index (χ0n) is 22.4. The first-order chi connectivity index (χ1) is 18.2. The highest BCUT2D eigenvalue weighted by Gasteiger charge is 2.25. The van der Waals surface area contributed by atoms with E-state index in [0.717, 1.165) is 15.4 Å². The Morgan fingerprint density at radius 3 is 2.36 bits per heavy atom. The van der Waals surface area contributed by atoms with E-state index in [1.54, 1.807) is 51.2 Å². The van der Waals surface area contributed by atoms with Crippen LogP contribution in [0.1, 0.15) is 58.3 Å². The molecule has 0 spiro atoms. The predicted molar refractivity (Wildman–Crippen MR) is 154 cm³/mol. The molecule has 10 nitrogen and oxygen atoms in total. The Kier molecular flexibility index (Phi) is 10.1. The molecule has 3 aromatic rings. The lowest BCUT2D eigenvalue weighted by molar-refractivity contribution is -0.125. The minimum Gasteiger partial charge on any atom is -0.444 e. The minimum absolute atomic E-state index is 0.187. The summed E-state index contributed by atoms with van der Waals surface area (Å²) in [6.07, 6.45) is 0.283. The summed E-state index contributed by atoms with van der Waals surface area (Å²) in [6.45, 7) is 8.98. The summed E-state index contributed by atoms with van der Waals surface area (Å²) >= 11 is 3.08. The molecule has 0 aliphatic heterocycles. The molecule has 212 valence electrons. The number of hydrogen-bond donors (Lipinski definition) is 4. The van der Waals surface area contributed by atoms with Crippen molar-refractivity contribution in [3.8, 4) is 9.88 Å². The van der Waals surface area contributed by atoms with Gasteiger partial charge in [0.05, 0.1) is 22.3 Å². The molecule has 0 fully saturated rings. The smallest absolute Gasteiger partial charge is 0.407 e. The molecule has 3 unspecified atom stereocenters. The van der Waals surface area contributed by atoms with Crippen LogP contribution in [0.15, 0.2) is 47.2 Å². The Balaban J connectivity index is 1.72. The Morgan fingerprint density at radius 1 is 1.08 bits per heavy atom. The summed E-state index contributed by atoms with van der Waals surface area (Å²) in [5.74, 6) is -0.595. The van der Waals surface area contributed by atoms with Crippen LogP contribution in [0, 0.1) is 5.92 Å². The maximum Gasteiger partial charge on any atom is 0.407 e. The van der Waals surface area contributed by atoms with Crippen LogP contribution in [0.3, 0.4) is 0 Å². The monoisotopic (exact) mass is 594 g/mol. The summed E-state index contributed by atoms with van der Waals surface area (Å²) in [7, 11) is -4.38. The van der Waals surface area contributed by atoms with E-state index in [4.69, 9.17) is 14.3 Å². The Labute approximate surface area is 237 Å². The molecule has 3 atom stereocenters. The second kappa shape index (κ2) is 12.9. The summed E-state index contributed by atoms with van der Waals surface area (Å²) < 4.78 is 38.5. The topological polar surface area (TPSA) is 147 Å². The van der Waals surface area contributed by atoms with Gasteiger partial charge in [0.15, 0.2) is 0 Å². The number of thiazole rings is 1. The number of carbonyl (C=O) groups excluding carboxylic acids is 2. The number of ether oxygens (including phenoxy) is 1. The number of amides is 2. The molecule has 0 radical (unpaired) electrons. The van der Waals surface area contributed by atoms with Crippen molar-refractivity contribution in [3.63, 3.8) is 0 Å². The number of nitrogens with zero attached hydrogens (tertiary/aromatic N) is 1. The maximum absolute atomic E-state index is 13.2. The fourth-order valence-corrected chi connectivity index (χ4v) is 5.92. The number of aromatic nitrogens is 1. The summed E-state index contributed by atoms with van der Waals surface area (Å²) in [5.41, 5.74) is 1.15. The van der Waals surface area contributed by atoms with E-state index < -0.39 is 34.0 Å². The highest BCUT2D eigenvalue weighted by Crippen LogP contribution is 2.31. The van der Waals surface area contributed by atoms with Crippen LogP contribution in [-0.4, -0.2) is 41.6 Å². The number of hydrogen-bond acceptors (Lipinski definition) is 8. The molecular weight excluding hydrogens is 561 g/mol. The first-order valence-electron chi connectivity index (χ1n) is 12.3. The summed E-state index contributed by atoms with van der Waals surface area (Å²) in [4.78, 5) is 31.1. The van der Waals surface area contributed by atoms with Crippen LogP contribution in [0.4, 0.5) is 10.5 Å². The number of carbonyl (C=O) groups is 2. The van der Waals surface area contributed by atoms with Gasteiger partial charge in [-0.15, -0.1) is 22.7 Å². The molecule has 3 rings (SSSR count). The third kappa shape index (κ3) is 10.2. The lowest BCUT2D eigenvalue weighted by atomic mass is 9.99. The van der Waals surface area contributed by atoms with Crippen molar-refractivity contribution in [3.05, 3.63) is 58.4 Å². The van der Waals surface area contributed by atoms with Gasteiger partial charge in [-0.3, -0.25) is 14.1 Å². The minimum atomic E-state index is -4.38. The molecule has 2 aromatic heterocycles. The summed E-state index contributed by atoms with van der Waals surface area (Å²) in [6, 6.07) is 9.72. The van der Waals surface area contributed by atoms with Crippen LogP contribution in [0.5, 0.6) is 0 Å². The van der Waals surface area contributed by atoms with Gasteiger partial charge in [0.25, 0.3) is 0 Å². The standard InChI is InChI=1S/C26H34N4O6S3/c1-16(13-17(2)27-25(32)36-26(3,4)5)23(31)28-20(21-15-38-24(29-21)22-7-6-12-37-22)14-18-8-10-19(11-9-18)30-39(33,34)35/h6-12,15-17,20,30H,13-14H2,1-5H3,(H,27,32)(H,28,31)(H,33,34,35). The van der Waals surface area contributed by atoms with Gasteiger partial charge in [-0.05, 0) is 69.7 Å². The van der Waals surface area contributed by atoms with Crippen molar-refractivity contribution in [2.75, 3.05) is 4.72 Å². The molecule has 1 aromatic carbocycles. The number of alkyl carbamates (subject to hydrolysis) is 1. The number of thiophene rings is 1. The van der Waals surface area contributed by atoms with E-state index in [0.29, 0.717) is 18.5 Å². The van der Waals surface area contributed by atoms with E-state index >= 15 is 0 Å². The van der Waals surface area contributed by atoms with Gasteiger partial charge in [0, 0.05) is 17.3 Å². The van der Waals surface area contributed by atoms with E-state index in [9.17, 15) is 18.0 Å². The maximum atomic E-state index is 13.2. The second-order valence-corrected chi connectivity index (χ2v) is 13.2. The Hall–Kier alpha value is -3.00. The number of nitrogens with one attached hydrogen (secondary N) is 3. The van der Waals surface area contributed by atoms with Gasteiger partial charge in [0.2, 0.25) is 5.91 Å². The van der Waals surface area contributed by atoms with Crippen molar-refractivity contribution >= 4 is 50.7 Å². The molecule has 0 aliphatic rings. The van der Waals surface area contributed by atoms with E-state index in [1.165, 1.54) is 23.5 Å². The molecule has 2 heterocycles. The van der Waals surface area contributed by atoms with Gasteiger partial charge in [-0.2, -0.15) is 8.42 Å². The molecule has 0 saturated carbocycles. The predicted octanol–water partition coefficient (Wildman–Crippen LogP) is 5.43. The molecule has 0 saturated heterocycles. The van der Waals surface area contributed by atoms with Gasteiger partial charge in [-0.1, -0.05) is 25.1 Å². The van der Waals surface area contributed by atoms with Gasteiger partial charge in [0.1, 0.15) is 10.6 Å². The number of anilines is 1. The molecule has 13 heteroatoms. The Bertz CT molecular complexity index is 1350. The molecule has 0 bridgehead atoms. The highest BCUT2D eigenvalue weighted by molar-refractivity contribution is 7.87. The van der Waals surface area contributed by atoms with E-state index in [1.807, 2.05) is 34.5 Å². The third-order valence-corrected chi connectivity index (χ3v) is 7.88. The number of benzene rings is 1. The second-order valence-electron chi connectivity index (χ2n) is 10.3. The fourth-order valence-electron chi connectivity index (χ4n) is 3.80. The average molecular weight is 595 g/mol. The third-order valence-electron chi connectivity index (χ3n) is 5.49. The fraction of sp³-hybridized carbons (Fsp3) is 0.423. The largest absolute Gasteiger partial charge is 0.444 e. The van der Waals surface area contributed by atoms with Crippen LogP contribution in [-0.2, 0) is 26.3 Å². The van der Waals surface area contributed by atoms with Gasteiger partial charge in [-0.25, -0.2) is 9.78 Å². The van der Waals surface area contributed by atoms with Crippen molar-refractivity contribution in [1.82, 2.24) is 15.6 Å². The highest BCUT2D eigenvalue weighted by atomic mass is 32.2. The summed E-state index contributed by atoms with van der Waals surface area (Å²) in [5, 5.41) is 10.6. The average Bonchev–Trinajstić information content (AvgIpc) is 3.49. The van der Waals surface area contributed by atoms with Crippen LogP contribution in [0.25, 0.3) is 9.88 Å². The van der Waals surface area contributed by atoms with Crippen molar-refractivity contribution in [2.24, 2.45) is 5.92 Å². The van der Waals surface area contributed by atoms with Crippen LogP contribution < -0.4 is 15.4 Å². The molecule has 2 amide bonds. The lowest BCUT2D eigenvalue weighted by Gasteiger charge is -2.24. The quantitative estimate of drug-likeness (QED) is 0.217. The first-order valence-corrected chi connectivity index (χ1v) is 15.5. The normalized spacial score (nSPS) is 14.2. The molecule has 39 heavy (non-hydrogen) atoms. The van der Waals surface area contributed by atoms with Crippen molar-refractivity contribution in [1.29, 1.82) is 0 Å². The van der Waals surface area contributed by atoms with E-state index in [-0.39, 0.29) is 17.6 Å². The molecule has 4 N–H and O–H groups in total. The molecule has 0 aliphatic carbocycles. The van der Waals surface area contributed by atoms with Gasteiger partial charge < -0.3 is 15.4 Å². The van der Waals surface area contributed by atoms with Crippen molar-refractivity contribution in [2.45, 2.75) is 65.1 Å². The SMILES string of the molecule is CC(CC(C)C(=O)NC(Cc1ccc(NS(=O)(=O)O)cc1)c1csc(-c2cccs2)n1)NC(=O)OC(C)(C)C. The van der Waals surface area contributed by atoms with Crippen LogP contribution in [0.2, 0.25) is 0 Å². The lowest BCUT2D eigenvalue weighted by Crippen LogP contribution is -2.41. The van der Waals surface area contributed by atoms with Crippen LogP contribution >= 0.6 is 22.7 Å².